The summed E-state index contributed by atoms with van der Waals surface area (Å²) in [6.07, 6.45) is 6.57. The number of amides is 1. The van der Waals surface area contributed by atoms with E-state index in [1.807, 2.05) is 25.1 Å². The summed E-state index contributed by atoms with van der Waals surface area (Å²) in [5.41, 5.74) is 3.02. The van der Waals surface area contributed by atoms with Crippen molar-refractivity contribution in [2.24, 2.45) is 0 Å². The molecule has 0 saturated heterocycles. The van der Waals surface area contributed by atoms with Gasteiger partial charge in [-0.05, 0) is 48.9 Å². The van der Waals surface area contributed by atoms with Gasteiger partial charge in [0.25, 0.3) is 5.91 Å². The normalized spacial score (nSPS) is 15.3. The van der Waals surface area contributed by atoms with E-state index >= 15 is 0 Å². The predicted molar refractivity (Wildman–Crippen MR) is 94.2 cm³/mol. The van der Waals surface area contributed by atoms with Gasteiger partial charge in [-0.1, -0.05) is 18.9 Å². The molecule has 1 N–H and O–H groups in total. The number of thiophene rings is 1. The van der Waals surface area contributed by atoms with Gasteiger partial charge in [0.05, 0.1) is 10.2 Å². The number of fused-ring (bicyclic) bond motifs is 1. The van der Waals surface area contributed by atoms with E-state index in [1.165, 1.54) is 23.1 Å². The summed E-state index contributed by atoms with van der Waals surface area (Å²) in [4.78, 5) is 17.1. The van der Waals surface area contributed by atoms with Gasteiger partial charge in [0.15, 0.2) is 0 Å². The molecule has 4 rings (SSSR count). The molecule has 118 valence electrons. The highest BCUT2D eigenvalue weighted by Gasteiger charge is 2.25. The summed E-state index contributed by atoms with van der Waals surface area (Å²) in [6.45, 7) is 1.98. The zero-order valence-electron chi connectivity index (χ0n) is 13.1. The number of rotatable bonds is 3. The lowest BCUT2D eigenvalue weighted by atomic mass is 10.2. The van der Waals surface area contributed by atoms with E-state index < -0.39 is 0 Å². The van der Waals surface area contributed by atoms with Gasteiger partial charge >= 0.3 is 0 Å². The largest absolute Gasteiger partial charge is 0.333 e. The third-order valence-corrected chi connectivity index (χ3v) is 5.39. The van der Waals surface area contributed by atoms with Crippen molar-refractivity contribution in [1.82, 2.24) is 9.55 Å². The molecule has 1 amide bonds. The maximum absolute atomic E-state index is 12.8. The quantitative estimate of drug-likeness (QED) is 0.753. The number of aromatic nitrogens is 2. The summed E-state index contributed by atoms with van der Waals surface area (Å²) in [5.74, 6) is 0.528. The number of pyridine rings is 1. The lowest BCUT2D eigenvalue weighted by Crippen LogP contribution is -2.19. The zero-order chi connectivity index (χ0) is 15.8. The molecule has 5 heteroatoms. The second kappa shape index (κ2) is 5.81. The standard InChI is InChI=1S/C18H19N3OS/c1-12-6-7-17(19-11-12)20-18(22)15-10-16-14(8-9-23-16)21(15)13-4-2-3-5-13/h6-11,13H,2-5H2,1H3,(H,19,20,22). The predicted octanol–water partition coefficient (Wildman–Crippen LogP) is 4.77. The second-order valence-corrected chi connectivity index (χ2v) is 7.13. The monoisotopic (exact) mass is 325 g/mol. The van der Waals surface area contributed by atoms with Gasteiger partial charge in [0.1, 0.15) is 11.5 Å². The summed E-state index contributed by atoms with van der Waals surface area (Å²) in [6, 6.07) is 8.38. The Morgan fingerprint density at radius 2 is 2.13 bits per heavy atom. The number of anilines is 1. The average Bonchev–Trinajstić information content (AvgIpc) is 3.24. The molecule has 0 atom stereocenters. The molecule has 0 aliphatic heterocycles. The smallest absolute Gasteiger partial charge is 0.273 e. The van der Waals surface area contributed by atoms with Crippen LogP contribution in [0.3, 0.4) is 0 Å². The summed E-state index contributed by atoms with van der Waals surface area (Å²) in [7, 11) is 0. The first-order valence-electron chi connectivity index (χ1n) is 8.05. The molecule has 1 aliphatic rings. The van der Waals surface area contributed by atoms with Crippen LogP contribution in [0.1, 0.15) is 47.8 Å². The molecular weight excluding hydrogens is 306 g/mol. The van der Waals surface area contributed by atoms with E-state index in [1.54, 1.807) is 17.5 Å². The highest BCUT2D eigenvalue weighted by molar-refractivity contribution is 7.17. The van der Waals surface area contributed by atoms with Gasteiger partial charge < -0.3 is 9.88 Å². The van der Waals surface area contributed by atoms with E-state index in [0.717, 1.165) is 24.1 Å². The Labute approximate surface area is 139 Å². The van der Waals surface area contributed by atoms with Crippen LogP contribution in [-0.4, -0.2) is 15.5 Å². The topological polar surface area (TPSA) is 46.9 Å². The first kappa shape index (κ1) is 14.5. The van der Waals surface area contributed by atoms with E-state index in [0.29, 0.717) is 11.9 Å². The molecule has 0 aromatic carbocycles. The van der Waals surface area contributed by atoms with Crippen LogP contribution < -0.4 is 5.32 Å². The highest BCUT2D eigenvalue weighted by Crippen LogP contribution is 2.36. The minimum absolute atomic E-state index is 0.0725. The summed E-state index contributed by atoms with van der Waals surface area (Å²) in [5, 5.41) is 5.03. The Balaban J connectivity index is 1.69. The van der Waals surface area contributed by atoms with Crippen LogP contribution in [0.15, 0.2) is 35.8 Å². The number of hydrogen-bond acceptors (Lipinski definition) is 3. The van der Waals surface area contributed by atoms with E-state index in [4.69, 9.17) is 0 Å². The van der Waals surface area contributed by atoms with Crippen molar-refractivity contribution in [2.45, 2.75) is 38.6 Å². The minimum Gasteiger partial charge on any atom is -0.333 e. The lowest BCUT2D eigenvalue weighted by Gasteiger charge is -2.17. The Kier molecular flexibility index (Phi) is 3.65. The SMILES string of the molecule is Cc1ccc(NC(=O)c2cc3sccc3n2C2CCCC2)nc1. The number of nitrogens with one attached hydrogen (secondary N) is 1. The second-order valence-electron chi connectivity index (χ2n) is 6.18. The summed E-state index contributed by atoms with van der Waals surface area (Å²) >= 11 is 1.69. The fourth-order valence-electron chi connectivity index (χ4n) is 3.40. The number of aryl methyl sites for hydroxylation is 1. The Morgan fingerprint density at radius 1 is 1.30 bits per heavy atom. The summed E-state index contributed by atoms with van der Waals surface area (Å²) < 4.78 is 3.42. The molecular formula is C18H19N3OS. The molecule has 1 saturated carbocycles. The number of hydrogen-bond donors (Lipinski definition) is 1. The Bertz CT molecular complexity index is 841. The molecule has 4 nitrogen and oxygen atoms in total. The van der Waals surface area contributed by atoms with Gasteiger partial charge in [0.2, 0.25) is 0 Å². The Hall–Kier alpha value is -2.14. The number of nitrogens with zero attached hydrogens (tertiary/aromatic N) is 2. The zero-order valence-corrected chi connectivity index (χ0v) is 13.9. The molecule has 23 heavy (non-hydrogen) atoms. The third kappa shape index (κ3) is 2.65. The van der Waals surface area contributed by atoms with Crippen LogP contribution in [0.2, 0.25) is 0 Å². The van der Waals surface area contributed by atoms with Gasteiger partial charge in [-0.2, -0.15) is 0 Å². The molecule has 0 spiro atoms. The number of carbonyl (C=O) groups excluding carboxylic acids is 1. The first-order chi connectivity index (χ1) is 11.2. The van der Waals surface area contributed by atoms with Crippen LogP contribution in [0.4, 0.5) is 5.82 Å². The number of carbonyl (C=O) groups is 1. The fraction of sp³-hybridized carbons (Fsp3) is 0.333. The molecule has 1 aliphatic carbocycles. The molecule has 0 unspecified atom stereocenters. The lowest BCUT2D eigenvalue weighted by molar-refractivity contribution is 0.101. The van der Waals surface area contributed by atoms with Gasteiger partial charge in [-0.15, -0.1) is 11.3 Å². The Morgan fingerprint density at radius 3 is 2.87 bits per heavy atom. The third-order valence-electron chi connectivity index (χ3n) is 4.54. The molecule has 3 aromatic heterocycles. The van der Waals surface area contributed by atoms with Gasteiger partial charge in [-0.25, -0.2) is 4.98 Å². The molecule has 3 heterocycles. The molecule has 1 fully saturated rings. The molecule has 0 bridgehead atoms. The van der Waals surface area contributed by atoms with Crippen LogP contribution >= 0.6 is 11.3 Å². The van der Waals surface area contributed by atoms with Crippen LogP contribution in [0, 0.1) is 6.92 Å². The van der Waals surface area contributed by atoms with Gasteiger partial charge in [-0.3, -0.25) is 4.79 Å². The molecule has 0 radical (unpaired) electrons. The minimum atomic E-state index is -0.0725. The van der Waals surface area contributed by atoms with E-state index in [9.17, 15) is 4.79 Å². The van der Waals surface area contributed by atoms with Crippen molar-refractivity contribution in [2.75, 3.05) is 5.32 Å². The average molecular weight is 325 g/mol. The van der Waals surface area contributed by atoms with Crippen LogP contribution in [0.5, 0.6) is 0 Å². The van der Waals surface area contributed by atoms with E-state index in [2.05, 4.69) is 26.3 Å². The first-order valence-corrected chi connectivity index (χ1v) is 8.93. The maximum Gasteiger partial charge on any atom is 0.273 e. The van der Waals surface area contributed by atoms with E-state index in [-0.39, 0.29) is 5.91 Å². The van der Waals surface area contributed by atoms with Crippen molar-refractivity contribution in [3.8, 4) is 0 Å². The van der Waals surface area contributed by atoms with Crippen molar-refractivity contribution >= 4 is 33.3 Å². The van der Waals surface area contributed by atoms with Crippen LogP contribution in [-0.2, 0) is 0 Å². The maximum atomic E-state index is 12.8. The van der Waals surface area contributed by atoms with Crippen molar-refractivity contribution in [3.63, 3.8) is 0 Å². The highest BCUT2D eigenvalue weighted by atomic mass is 32.1. The van der Waals surface area contributed by atoms with Crippen molar-refractivity contribution in [1.29, 1.82) is 0 Å². The fourth-order valence-corrected chi connectivity index (χ4v) is 4.21. The van der Waals surface area contributed by atoms with Crippen molar-refractivity contribution < 1.29 is 4.79 Å². The van der Waals surface area contributed by atoms with Crippen LogP contribution in [0.25, 0.3) is 10.2 Å². The van der Waals surface area contributed by atoms with Crippen molar-refractivity contribution in [3.05, 3.63) is 47.1 Å². The molecule has 3 aromatic rings. The van der Waals surface area contributed by atoms with Gasteiger partial charge in [0, 0.05) is 12.2 Å².